The van der Waals surface area contributed by atoms with Crippen LogP contribution in [0.25, 0.3) is 0 Å². The Bertz CT molecular complexity index is 560. The highest BCUT2D eigenvalue weighted by atomic mass is 16.5. The fourth-order valence-corrected chi connectivity index (χ4v) is 2.38. The van der Waals surface area contributed by atoms with Crippen LogP contribution in [0.3, 0.4) is 0 Å². The fourth-order valence-electron chi connectivity index (χ4n) is 2.38. The first-order valence-corrected chi connectivity index (χ1v) is 7.63. The van der Waals surface area contributed by atoms with E-state index in [-0.39, 0.29) is 12.1 Å². The molecule has 0 aromatic heterocycles. The smallest absolute Gasteiger partial charge is 0.124 e. The Morgan fingerprint density at radius 1 is 1.00 bits per heavy atom. The van der Waals surface area contributed by atoms with Gasteiger partial charge in [-0.3, -0.25) is 0 Å². The second-order valence-electron chi connectivity index (χ2n) is 5.84. The quantitative estimate of drug-likeness (QED) is 0.852. The molecule has 2 rings (SSSR count). The average Bonchev–Trinajstić information content (AvgIpc) is 2.46. The summed E-state index contributed by atoms with van der Waals surface area (Å²) in [6, 6.07) is 16.7. The van der Waals surface area contributed by atoms with Gasteiger partial charge in [-0.05, 0) is 45.2 Å². The van der Waals surface area contributed by atoms with Gasteiger partial charge in [0.05, 0.1) is 6.10 Å². The Hall–Kier alpha value is -1.80. The van der Waals surface area contributed by atoms with Gasteiger partial charge in [-0.2, -0.15) is 0 Å². The van der Waals surface area contributed by atoms with E-state index in [4.69, 9.17) is 10.5 Å². The number of para-hydroxylation sites is 1. The molecule has 0 amide bonds. The van der Waals surface area contributed by atoms with Crippen LogP contribution in [0.15, 0.2) is 48.5 Å². The summed E-state index contributed by atoms with van der Waals surface area (Å²) < 4.78 is 5.85. The van der Waals surface area contributed by atoms with Gasteiger partial charge in [0, 0.05) is 11.6 Å². The van der Waals surface area contributed by atoms with Crippen LogP contribution in [0, 0.1) is 6.92 Å². The minimum Gasteiger partial charge on any atom is -0.491 e. The molecule has 0 bridgehead atoms. The van der Waals surface area contributed by atoms with E-state index in [2.05, 4.69) is 37.3 Å². The van der Waals surface area contributed by atoms with Crippen LogP contribution in [0.4, 0.5) is 0 Å². The van der Waals surface area contributed by atoms with Crippen molar-refractivity contribution in [2.75, 3.05) is 0 Å². The molecular weight excluding hydrogens is 258 g/mol. The summed E-state index contributed by atoms with van der Waals surface area (Å²) in [5.74, 6) is 0.906. The summed E-state index contributed by atoms with van der Waals surface area (Å²) in [5.41, 5.74) is 10.1. The molecule has 2 heteroatoms. The van der Waals surface area contributed by atoms with Gasteiger partial charge in [-0.1, -0.05) is 48.0 Å². The molecule has 1 atom stereocenters. The predicted molar refractivity (Wildman–Crippen MR) is 88.6 cm³/mol. The zero-order valence-corrected chi connectivity index (χ0v) is 13.2. The third-order valence-electron chi connectivity index (χ3n) is 3.55. The number of rotatable bonds is 6. The second kappa shape index (κ2) is 7.28. The van der Waals surface area contributed by atoms with E-state index in [1.54, 1.807) is 0 Å². The monoisotopic (exact) mass is 283 g/mol. The zero-order chi connectivity index (χ0) is 15.2. The average molecular weight is 283 g/mol. The lowest BCUT2D eigenvalue weighted by atomic mass is 9.98. The Balaban J connectivity index is 2.03. The molecule has 2 aromatic rings. The van der Waals surface area contributed by atoms with Gasteiger partial charge < -0.3 is 10.5 Å². The van der Waals surface area contributed by atoms with Crippen molar-refractivity contribution in [3.8, 4) is 5.75 Å². The maximum absolute atomic E-state index is 6.37. The van der Waals surface area contributed by atoms with Crippen LogP contribution in [0.1, 0.15) is 43.0 Å². The Labute approximate surface area is 127 Å². The molecule has 0 heterocycles. The van der Waals surface area contributed by atoms with Crippen molar-refractivity contribution in [1.82, 2.24) is 0 Å². The largest absolute Gasteiger partial charge is 0.491 e. The minimum atomic E-state index is 0.00116. The summed E-state index contributed by atoms with van der Waals surface area (Å²) in [5, 5.41) is 0. The van der Waals surface area contributed by atoms with Crippen molar-refractivity contribution in [2.45, 2.75) is 45.8 Å². The molecule has 21 heavy (non-hydrogen) atoms. The van der Waals surface area contributed by atoms with Crippen molar-refractivity contribution in [3.63, 3.8) is 0 Å². The molecule has 0 aliphatic carbocycles. The van der Waals surface area contributed by atoms with Crippen LogP contribution in [-0.2, 0) is 6.42 Å². The fraction of sp³-hybridized carbons (Fsp3) is 0.368. The molecule has 0 aliphatic rings. The third-order valence-corrected chi connectivity index (χ3v) is 3.55. The molecule has 0 spiro atoms. The number of hydrogen-bond acceptors (Lipinski definition) is 2. The van der Waals surface area contributed by atoms with Crippen molar-refractivity contribution in [1.29, 1.82) is 0 Å². The molecule has 2 N–H and O–H groups in total. The number of hydrogen-bond donors (Lipinski definition) is 1. The summed E-state index contributed by atoms with van der Waals surface area (Å²) in [6.45, 7) is 6.18. The van der Waals surface area contributed by atoms with Crippen molar-refractivity contribution in [3.05, 3.63) is 65.2 Å². The standard InChI is InChI=1S/C19H25NO/c1-14(2)21-19-7-5-4-6-17(19)18(20)13-12-16-10-8-15(3)9-11-16/h4-11,14,18H,12-13,20H2,1-3H3. The predicted octanol–water partition coefficient (Wildman–Crippen LogP) is 4.41. The highest BCUT2D eigenvalue weighted by Gasteiger charge is 2.12. The molecule has 0 fully saturated rings. The van der Waals surface area contributed by atoms with Gasteiger partial charge in [0.25, 0.3) is 0 Å². The molecule has 0 radical (unpaired) electrons. The second-order valence-corrected chi connectivity index (χ2v) is 5.84. The lowest BCUT2D eigenvalue weighted by Gasteiger charge is -2.18. The van der Waals surface area contributed by atoms with Gasteiger partial charge >= 0.3 is 0 Å². The molecule has 1 unspecified atom stereocenters. The lowest BCUT2D eigenvalue weighted by molar-refractivity contribution is 0.238. The lowest BCUT2D eigenvalue weighted by Crippen LogP contribution is -2.15. The number of nitrogens with two attached hydrogens (primary N) is 1. The molecule has 0 saturated heterocycles. The van der Waals surface area contributed by atoms with E-state index in [1.807, 2.05) is 32.0 Å². The molecule has 0 aliphatic heterocycles. The number of aryl methyl sites for hydroxylation is 2. The zero-order valence-electron chi connectivity index (χ0n) is 13.2. The van der Waals surface area contributed by atoms with E-state index in [0.717, 1.165) is 24.2 Å². The summed E-state index contributed by atoms with van der Waals surface area (Å²) >= 11 is 0. The molecule has 112 valence electrons. The molecule has 0 saturated carbocycles. The van der Waals surface area contributed by atoms with E-state index in [0.29, 0.717) is 0 Å². The Morgan fingerprint density at radius 2 is 1.67 bits per heavy atom. The van der Waals surface area contributed by atoms with Crippen LogP contribution < -0.4 is 10.5 Å². The maximum atomic E-state index is 6.37. The SMILES string of the molecule is Cc1ccc(CCC(N)c2ccccc2OC(C)C)cc1. The summed E-state index contributed by atoms with van der Waals surface area (Å²) in [4.78, 5) is 0. The van der Waals surface area contributed by atoms with Crippen molar-refractivity contribution < 1.29 is 4.74 Å². The topological polar surface area (TPSA) is 35.2 Å². The van der Waals surface area contributed by atoms with Crippen LogP contribution in [0.5, 0.6) is 5.75 Å². The first-order chi connectivity index (χ1) is 10.1. The highest BCUT2D eigenvalue weighted by Crippen LogP contribution is 2.27. The van der Waals surface area contributed by atoms with Gasteiger partial charge in [0.2, 0.25) is 0 Å². The normalized spacial score (nSPS) is 12.4. The van der Waals surface area contributed by atoms with Crippen LogP contribution in [0.2, 0.25) is 0 Å². The van der Waals surface area contributed by atoms with Crippen molar-refractivity contribution in [2.24, 2.45) is 5.73 Å². The first-order valence-electron chi connectivity index (χ1n) is 7.63. The van der Waals surface area contributed by atoms with E-state index >= 15 is 0 Å². The molecular formula is C19H25NO. The number of benzene rings is 2. The first kappa shape index (κ1) is 15.6. The highest BCUT2D eigenvalue weighted by molar-refractivity contribution is 5.36. The third kappa shape index (κ3) is 4.61. The Morgan fingerprint density at radius 3 is 2.33 bits per heavy atom. The Kier molecular flexibility index (Phi) is 5.40. The molecule has 2 aromatic carbocycles. The molecule has 2 nitrogen and oxygen atoms in total. The van der Waals surface area contributed by atoms with E-state index in [9.17, 15) is 0 Å². The summed E-state index contributed by atoms with van der Waals surface area (Å²) in [7, 11) is 0. The van der Waals surface area contributed by atoms with E-state index < -0.39 is 0 Å². The van der Waals surface area contributed by atoms with Crippen LogP contribution >= 0.6 is 0 Å². The van der Waals surface area contributed by atoms with E-state index in [1.165, 1.54) is 11.1 Å². The van der Waals surface area contributed by atoms with Gasteiger partial charge in [0.15, 0.2) is 0 Å². The minimum absolute atomic E-state index is 0.00116. The van der Waals surface area contributed by atoms with Gasteiger partial charge in [0.1, 0.15) is 5.75 Å². The summed E-state index contributed by atoms with van der Waals surface area (Å²) in [6.07, 6.45) is 2.06. The van der Waals surface area contributed by atoms with Gasteiger partial charge in [-0.25, -0.2) is 0 Å². The van der Waals surface area contributed by atoms with Crippen molar-refractivity contribution >= 4 is 0 Å². The van der Waals surface area contributed by atoms with Gasteiger partial charge in [-0.15, -0.1) is 0 Å². The maximum Gasteiger partial charge on any atom is 0.124 e. The van der Waals surface area contributed by atoms with Crippen LogP contribution in [-0.4, -0.2) is 6.10 Å². The number of ether oxygens (including phenoxy) is 1.